The molecule has 1 amide bonds. The van der Waals surface area contributed by atoms with E-state index in [9.17, 15) is 4.79 Å². The summed E-state index contributed by atoms with van der Waals surface area (Å²) < 4.78 is 2.04. The van der Waals surface area contributed by atoms with Crippen molar-refractivity contribution in [1.29, 1.82) is 0 Å². The number of benzene rings is 1. The number of hydrogen-bond acceptors (Lipinski definition) is 4. The van der Waals surface area contributed by atoms with E-state index in [0.717, 1.165) is 23.4 Å². The van der Waals surface area contributed by atoms with Gasteiger partial charge in [-0.2, -0.15) is 0 Å². The molecule has 1 saturated carbocycles. The second kappa shape index (κ2) is 7.85. The lowest BCUT2D eigenvalue weighted by Crippen LogP contribution is -2.34. The topological polar surface area (TPSA) is 50.2 Å². The molecule has 0 saturated heterocycles. The number of amides is 1. The van der Waals surface area contributed by atoms with Crippen molar-refractivity contribution in [3.63, 3.8) is 0 Å². The number of aryl methyl sites for hydroxylation is 1. The van der Waals surface area contributed by atoms with Crippen LogP contribution < -0.4 is 5.32 Å². The Bertz CT molecular complexity index is 696. The maximum Gasteiger partial charge on any atom is 0.230 e. The normalized spacial score (nSPS) is 14.1. The fraction of sp³-hybridized carbons (Fsp3) is 0.444. The molecular formula is C18H24N4OS. The molecule has 0 spiro atoms. The average molecular weight is 344 g/mol. The first kappa shape index (κ1) is 17.0. The SMILES string of the molecule is Cc1ccccc1-n1ccnc1SCC(=O)NCCN(C)C1CC1. The number of thioether (sulfide) groups is 1. The highest BCUT2D eigenvalue weighted by Gasteiger charge is 2.25. The number of carbonyl (C=O) groups excluding carboxylic acids is 1. The monoisotopic (exact) mass is 344 g/mol. The minimum absolute atomic E-state index is 0.0588. The van der Waals surface area contributed by atoms with Gasteiger partial charge in [-0.3, -0.25) is 9.36 Å². The van der Waals surface area contributed by atoms with Crippen LogP contribution in [0.4, 0.5) is 0 Å². The molecule has 6 heteroatoms. The first-order valence-electron chi connectivity index (χ1n) is 8.34. The summed E-state index contributed by atoms with van der Waals surface area (Å²) in [6, 6.07) is 8.91. The highest BCUT2D eigenvalue weighted by Crippen LogP contribution is 2.24. The van der Waals surface area contributed by atoms with Crippen LogP contribution >= 0.6 is 11.8 Å². The molecule has 0 atom stereocenters. The first-order chi connectivity index (χ1) is 11.6. The van der Waals surface area contributed by atoms with Gasteiger partial charge in [-0.05, 0) is 38.4 Å². The van der Waals surface area contributed by atoms with Crippen molar-refractivity contribution in [3.05, 3.63) is 42.2 Å². The van der Waals surface area contributed by atoms with E-state index in [2.05, 4.69) is 41.3 Å². The van der Waals surface area contributed by atoms with Crippen molar-refractivity contribution in [2.24, 2.45) is 0 Å². The van der Waals surface area contributed by atoms with Crippen molar-refractivity contribution in [1.82, 2.24) is 19.8 Å². The van der Waals surface area contributed by atoms with Crippen molar-refractivity contribution in [2.45, 2.75) is 31.0 Å². The molecule has 1 aromatic heterocycles. The average Bonchev–Trinajstić information content (AvgIpc) is 3.32. The molecule has 3 rings (SSSR count). The summed E-state index contributed by atoms with van der Waals surface area (Å²) in [5.41, 5.74) is 2.29. The Morgan fingerprint density at radius 2 is 2.21 bits per heavy atom. The third kappa shape index (κ3) is 4.39. The van der Waals surface area contributed by atoms with Gasteiger partial charge in [0.25, 0.3) is 0 Å². The van der Waals surface area contributed by atoms with Gasteiger partial charge in [-0.15, -0.1) is 0 Å². The third-order valence-corrected chi connectivity index (χ3v) is 5.24. The fourth-order valence-electron chi connectivity index (χ4n) is 2.66. The number of nitrogens with zero attached hydrogens (tertiary/aromatic N) is 3. The van der Waals surface area contributed by atoms with E-state index >= 15 is 0 Å². The Balaban J connectivity index is 1.49. The molecule has 1 aliphatic rings. The number of imidazole rings is 1. The van der Waals surface area contributed by atoms with Crippen LogP contribution in [0, 0.1) is 6.92 Å². The zero-order valence-electron chi connectivity index (χ0n) is 14.2. The molecule has 24 heavy (non-hydrogen) atoms. The van der Waals surface area contributed by atoms with Gasteiger partial charge in [0.15, 0.2) is 5.16 Å². The van der Waals surface area contributed by atoms with Gasteiger partial charge in [0.2, 0.25) is 5.91 Å². The summed E-state index contributed by atoms with van der Waals surface area (Å²) >= 11 is 1.47. The molecule has 1 N–H and O–H groups in total. The quantitative estimate of drug-likeness (QED) is 0.748. The Morgan fingerprint density at radius 1 is 1.42 bits per heavy atom. The van der Waals surface area contributed by atoms with E-state index in [1.165, 1.54) is 30.2 Å². The Hall–Kier alpha value is -1.79. The lowest BCUT2D eigenvalue weighted by atomic mass is 10.2. The standard InChI is InChI=1S/C18H24N4OS/c1-14-5-3-4-6-16(14)22-12-10-20-18(22)24-13-17(23)19-9-11-21(2)15-7-8-15/h3-6,10,12,15H,7-9,11,13H2,1-2H3,(H,19,23). The van der Waals surface area contributed by atoms with Crippen molar-refractivity contribution < 1.29 is 4.79 Å². The van der Waals surface area contributed by atoms with Gasteiger partial charge in [0.05, 0.1) is 11.4 Å². The molecular weight excluding hydrogens is 320 g/mol. The Morgan fingerprint density at radius 3 is 2.96 bits per heavy atom. The van der Waals surface area contributed by atoms with Gasteiger partial charge in [0, 0.05) is 31.5 Å². The molecule has 1 aliphatic carbocycles. The number of aromatic nitrogens is 2. The zero-order valence-corrected chi connectivity index (χ0v) is 15.1. The van der Waals surface area contributed by atoms with Crippen LogP contribution in [0.2, 0.25) is 0 Å². The van der Waals surface area contributed by atoms with Crippen LogP contribution in [0.15, 0.2) is 41.8 Å². The first-order valence-corrected chi connectivity index (χ1v) is 9.33. The molecule has 0 radical (unpaired) electrons. The van der Waals surface area contributed by atoms with Crippen molar-refractivity contribution in [2.75, 3.05) is 25.9 Å². The zero-order chi connectivity index (χ0) is 16.9. The molecule has 1 aromatic carbocycles. The van der Waals surface area contributed by atoms with Crippen molar-refractivity contribution >= 4 is 17.7 Å². The van der Waals surface area contributed by atoms with E-state index in [4.69, 9.17) is 0 Å². The predicted molar refractivity (Wildman–Crippen MR) is 97.7 cm³/mol. The largest absolute Gasteiger partial charge is 0.354 e. The predicted octanol–water partition coefficient (Wildman–Crippen LogP) is 2.48. The van der Waals surface area contributed by atoms with Gasteiger partial charge in [-0.1, -0.05) is 30.0 Å². The van der Waals surface area contributed by atoms with Crippen LogP contribution in [-0.2, 0) is 4.79 Å². The van der Waals surface area contributed by atoms with Crippen LogP contribution in [0.25, 0.3) is 5.69 Å². The summed E-state index contributed by atoms with van der Waals surface area (Å²) in [6.45, 7) is 3.70. The highest BCUT2D eigenvalue weighted by molar-refractivity contribution is 7.99. The number of carbonyl (C=O) groups is 1. The molecule has 0 bridgehead atoms. The molecule has 1 fully saturated rings. The number of nitrogens with one attached hydrogen (secondary N) is 1. The van der Waals surface area contributed by atoms with E-state index in [-0.39, 0.29) is 5.91 Å². The molecule has 1 heterocycles. The van der Waals surface area contributed by atoms with Crippen LogP contribution in [0.5, 0.6) is 0 Å². The second-order valence-corrected chi connectivity index (χ2v) is 7.16. The van der Waals surface area contributed by atoms with E-state index in [1.54, 1.807) is 6.20 Å². The summed E-state index contributed by atoms with van der Waals surface area (Å²) in [4.78, 5) is 18.7. The summed E-state index contributed by atoms with van der Waals surface area (Å²) in [6.07, 6.45) is 6.30. The lowest BCUT2D eigenvalue weighted by molar-refractivity contribution is -0.118. The molecule has 2 aromatic rings. The maximum absolute atomic E-state index is 12.0. The smallest absolute Gasteiger partial charge is 0.230 e. The molecule has 5 nitrogen and oxygen atoms in total. The molecule has 128 valence electrons. The molecule has 0 unspecified atom stereocenters. The van der Waals surface area contributed by atoms with Gasteiger partial charge in [0.1, 0.15) is 0 Å². The molecule has 0 aliphatic heterocycles. The number of rotatable bonds is 8. The van der Waals surface area contributed by atoms with Crippen LogP contribution in [0.1, 0.15) is 18.4 Å². The minimum Gasteiger partial charge on any atom is -0.354 e. The Labute approximate surface area is 147 Å². The summed E-state index contributed by atoms with van der Waals surface area (Å²) in [5, 5.41) is 3.83. The summed E-state index contributed by atoms with van der Waals surface area (Å²) in [5.74, 6) is 0.444. The number of likely N-dealkylation sites (N-methyl/N-ethyl adjacent to an activating group) is 1. The fourth-order valence-corrected chi connectivity index (χ4v) is 3.46. The van der Waals surface area contributed by atoms with Gasteiger partial charge < -0.3 is 10.2 Å². The van der Waals surface area contributed by atoms with Crippen LogP contribution in [-0.4, -0.2) is 52.3 Å². The van der Waals surface area contributed by atoms with Crippen LogP contribution in [0.3, 0.4) is 0 Å². The van der Waals surface area contributed by atoms with Gasteiger partial charge >= 0.3 is 0 Å². The van der Waals surface area contributed by atoms with E-state index in [1.807, 2.05) is 22.9 Å². The van der Waals surface area contributed by atoms with Gasteiger partial charge in [-0.25, -0.2) is 4.98 Å². The second-order valence-electron chi connectivity index (χ2n) is 6.22. The van der Waals surface area contributed by atoms with E-state index in [0.29, 0.717) is 12.3 Å². The van der Waals surface area contributed by atoms with E-state index < -0.39 is 0 Å². The Kier molecular flexibility index (Phi) is 5.58. The minimum atomic E-state index is 0.0588. The lowest BCUT2D eigenvalue weighted by Gasteiger charge is -2.15. The third-order valence-electron chi connectivity index (χ3n) is 4.27. The number of para-hydroxylation sites is 1. The van der Waals surface area contributed by atoms with Crippen molar-refractivity contribution in [3.8, 4) is 5.69 Å². The maximum atomic E-state index is 12.0. The summed E-state index contributed by atoms with van der Waals surface area (Å²) in [7, 11) is 2.12. The highest BCUT2D eigenvalue weighted by atomic mass is 32.2. The number of hydrogen-bond donors (Lipinski definition) is 1.